The zero-order chi connectivity index (χ0) is 11.9. The van der Waals surface area contributed by atoms with Crippen LogP contribution in [0.25, 0.3) is 0 Å². The van der Waals surface area contributed by atoms with Crippen LogP contribution < -0.4 is 5.73 Å². The van der Waals surface area contributed by atoms with E-state index in [0.717, 1.165) is 6.08 Å². The van der Waals surface area contributed by atoms with Crippen LogP contribution in [-0.2, 0) is 19.9 Å². The highest BCUT2D eigenvalue weighted by molar-refractivity contribution is 7.95. The monoisotopic (exact) mass is 252 g/mol. The fraction of sp³-hybridized carbons (Fsp3) is 0.571. The van der Waals surface area contributed by atoms with Crippen molar-refractivity contribution in [3.63, 3.8) is 0 Å². The number of sulfonamides is 1. The van der Waals surface area contributed by atoms with Gasteiger partial charge in [0.15, 0.2) is 14.9 Å². The minimum atomic E-state index is -3.81. The number of allylic oxidation sites excluding steroid dienone is 1. The molecule has 0 amide bonds. The summed E-state index contributed by atoms with van der Waals surface area (Å²) in [6.45, 7) is 3.04. The Hall–Kier alpha value is -0.890. The van der Waals surface area contributed by atoms with Gasteiger partial charge in [-0.1, -0.05) is 0 Å². The Morgan fingerprint density at radius 3 is 2.33 bits per heavy atom. The molecule has 1 heterocycles. The second-order valence-electron chi connectivity index (χ2n) is 3.46. The topological polar surface area (TPSA) is 107 Å². The smallest absolute Gasteiger partial charge is 0.297 e. The summed E-state index contributed by atoms with van der Waals surface area (Å²) in [6, 6.07) is 0. The fourth-order valence-electron chi connectivity index (χ4n) is 0.913. The normalized spacial score (nSPS) is 20.2. The van der Waals surface area contributed by atoms with Gasteiger partial charge in [-0.15, -0.1) is 0 Å². The van der Waals surface area contributed by atoms with E-state index in [-0.39, 0.29) is 5.71 Å². The van der Waals surface area contributed by atoms with E-state index in [1.165, 1.54) is 13.8 Å². The van der Waals surface area contributed by atoms with E-state index >= 15 is 0 Å². The van der Waals surface area contributed by atoms with Crippen molar-refractivity contribution in [2.45, 2.75) is 19.1 Å². The Bertz CT molecular complexity index is 525. The fourth-order valence-corrected chi connectivity index (χ4v) is 2.70. The maximum atomic E-state index is 11.5. The molecule has 1 rings (SSSR count). The molecular weight excluding hydrogens is 240 g/mol. The zero-order valence-electron chi connectivity index (χ0n) is 8.34. The highest BCUT2D eigenvalue weighted by atomic mass is 32.2. The largest absolute Gasteiger partial charge is 0.388 e. The van der Waals surface area contributed by atoms with Crippen molar-refractivity contribution < 1.29 is 16.8 Å². The quantitative estimate of drug-likeness (QED) is 0.721. The molecule has 0 saturated heterocycles. The number of rotatable bonds is 3. The lowest BCUT2D eigenvalue weighted by molar-refractivity contribution is 0.591. The molecule has 2 N–H and O–H groups in total. The van der Waals surface area contributed by atoms with Gasteiger partial charge in [-0.25, -0.2) is 8.42 Å². The van der Waals surface area contributed by atoms with Crippen molar-refractivity contribution in [2.24, 2.45) is 10.1 Å². The standard InChI is InChI=1S/C7H12N2O4S2/c1-5(2)14(10,11)4-6-3-7(8)15(12,13)9-6/h3,5H,4,8H2,1-2H3. The molecule has 15 heavy (non-hydrogen) atoms. The van der Waals surface area contributed by atoms with Crippen LogP contribution in [0.5, 0.6) is 0 Å². The number of nitrogens with two attached hydrogens (primary N) is 1. The molecule has 0 aliphatic carbocycles. The van der Waals surface area contributed by atoms with Gasteiger partial charge >= 0.3 is 0 Å². The Kier molecular flexibility index (Phi) is 2.92. The van der Waals surface area contributed by atoms with Crippen molar-refractivity contribution in [1.29, 1.82) is 0 Å². The van der Waals surface area contributed by atoms with E-state index in [4.69, 9.17) is 5.73 Å². The third-order valence-corrected chi connectivity index (χ3v) is 5.23. The maximum absolute atomic E-state index is 11.5. The molecule has 86 valence electrons. The molecule has 0 aromatic rings. The van der Waals surface area contributed by atoms with Crippen LogP contribution in [-0.4, -0.2) is 33.6 Å². The number of hydrogen-bond acceptors (Lipinski definition) is 5. The van der Waals surface area contributed by atoms with Crippen LogP contribution >= 0.6 is 0 Å². The Labute approximate surface area is 88.9 Å². The van der Waals surface area contributed by atoms with Gasteiger partial charge < -0.3 is 5.73 Å². The Morgan fingerprint density at radius 2 is 2.00 bits per heavy atom. The molecule has 8 heteroatoms. The summed E-state index contributed by atoms with van der Waals surface area (Å²) in [4.78, 5) is 0. The second kappa shape index (κ2) is 3.60. The van der Waals surface area contributed by atoms with Crippen molar-refractivity contribution in [3.05, 3.63) is 11.1 Å². The highest BCUT2D eigenvalue weighted by Gasteiger charge is 2.26. The molecule has 0 unspecified atom stereocenters. The lowest BCUT2D eigenvalue weighted by Crippen LogP contribution is -2.22. The zero-order valence-corrected chi connectivity index (χ0v) is 9.97. The van der Waals surface area contributed by atoms with Crippen LogP contribution in [0.15, 0.2) is 15.5 Å². The molecule has 6 nitrogen and oxygen atoms in total. The average Bonchev–Trinajstić information content (AvgIpc) is 2.23. The molecule has 0 saturated carbocycles. The Morgan fingerprint density at radius 1 is 1.47 bits per heavy atom. The first-order chi connectivity index (χ1) is 6.65. The van der Waals surface area contributed by atoms with Gasteiger partial charge in [-0.3, -0.25) is 0 Å². The molecule has 0 fully saturated rings. The summed E-state index contributed by atoms with van der Waals surface area (Å²) in [5.74, 6) is -0.398. The van der Waals surface area contributed by atoms with E-state index in [2.05, 4.69) is 4.40 Å². The van der Waals surface area contributed by atoms with E-state index in [9.17, 15) is 16.8 Å². The first-order valence-corrected chi connectivity index (χ1v) is 7.33. The molecule has 0 radical (unpaired) electrons. The lowest BCUT2D eigenvalue weighted by Gasteiger charge is -2.05. The van der Waals surface area contributed by atoms with Gasteiger partial charge in [0.1, 0.15) is 0 Å². The summed E-state index contributed by atoms with van der Waals surface area (Å²) in [5.41, 5.74) is 5.13. The minimum absolute atomic E-state index is 0.0267. The molecule has 0 aromatic carbocycles. The lowest BCUT2D eigenvalue weighted by atomic mass is 10.4. The molecule has 0 spiro atoms. The summed E-state index contributed by atoms with van der Waals surface area (Å²) < 4.78 is 48.3. The molecule has 1 aliphatic rings. The SMILES string of the molecule is CC(C)S(=O)(=O)CC1=NS(=O)(=O)C(N)=C1. The van der Waals surface area contributed by atoms with Crippen molar-refractivity contribution >= 4 is 25.6 Å². The third kappa shape index (κ3) is 2.57. The van der Waals surface area contributed by atoms with Crippen molar-refractivity contribution in [2.75, 3.05) is 5.75 Å². The average molecular weight is 252 g/mol. The molecule has 0 bridgehead atoms. The molecular formula is C7H12N2O4S2. The third-order valence-electron chi connectivity index (χ3n) is 1.91. The summed E-state index contributed by atoms with van der Waals surface area (Å²) in [5, 5.41) is -0.977. The van der Waals surface area contributed by atoms with Crippen LogP contribution in [0.4, 0.5) is 0 Å². The van der Waals surface area contributed by atoms with Gasteiger partial charge in [-0.05, 0) is 19.9 Å². The predicted molar refractivity (Wildman–Crippen MR) is 57.5 cm³/mol. The van der Waals surface area contributed by atoms with E-state index < -0.39 is 35.9 Å². The molecule has 1 aliphatic heterocycles. The first kappa shape index (κ1) is 12.2. The maximum Gasteiger partial charge on any atom is 0.297 e. The number of nitrogens with zero attached hydrogens (tertiary/aromatic N) is 1. The summed E-state index contributed by atoms with van der Waals surface area (Å²) >= 11 is 0. The second-order valence-corrected chi connectivity index (χ2v) is 7.62. The molecule has 0 atom stereocenters. The van der Waals surface area contributed by atoms with E-state index in [1.807, 2.05) is 0 Å². The first-order valence-electron chi connectivity index (χ1n) is 4.18. The summed E-state index contributed by atoms with van der Waals surface area (Å²) in [6.07, 6.45) is 1.08. The van der Waals surface area contributed by atoms with Gasteiger partial charge in [0.2, 0.25) is 0 Å². The predicted octanol–water partition coefficient (Wildman–Crippen LogP) is -0.606. The van der Waals surface area contributed by atoms with Gasteiger partial charge in [0.05, 0.1) is 16.7 Å². The minimum Gasteiger partial charge on any atom is -0.388 e. The number of sulfone groups is 1. The van der Waals surface area contributed by atoms with Crippen LogP contribution in [0, 0.1) is 0 Å². The Balaban J connectivity index is 3.00. The van der Waals surface area contributed by atoms with Gasteiger partial charge in [0.25, 0.3) is 10.0 Å². The van der Waals surface area contributed by atoms with Gasteiger partial charge in [0, 0.05) is 0 Å². The van der Waals surface area contributed by atoms with Crippen LogP contribution in [0.2, 0.25) is 0 Å². The van der Waals surface area contributed by atoms with Crippen molar-refractivity contribution in [3.8, 4) is 0 Å². The summed E-state index contributed by atoms with van der Waals surface area (Å²) in [7, 11) is -7.16. The van der Waals surface area contributed by atoms with Crippen molar-refractivity contribution in [1.82, 2.24) is 0 Å². The number of hydrogen-bond donors (Lipinski definition) is 1. The van der Waals surface area contributed by atoms with E-state index in [1.54, 1.807) is 0 Å². The van der Waals surface area contributed by atoms with E-state index in [0.29, 0.717) is 0 Å². The van der Waals surface area contributed by atoms with Crippen LogP contribution in [0.3, 0.4) is 0 Å². The molecule has 0 aromatic heterocycles. The highest BCUT2D eigenvalue weighted by Crippen LogP contribution is 2.14. The van der Waals surface area contributed by atoms with Gasteiger partial charge in [-0.2, -0.15) is 12.8 Å². The van der Waals surface area contributed by atoms with Crippen LogP contribution in [0.1, 0.15) is 13.8 Å².